The molecule has 42 heavy (non-hydrogen) atoms. The van der Waals surface area contributed by atoms with Crippen LogP contribution in [0.15, 0.2) is 87.8 Å². The maximum absolute atomic E-state index is 15.3. The van der Waals surface area contributed by atoms with E-state index in [0.717, 1.165) is 41.7 Å². The van der Waals surface area contributed by atoms with Crippen molar-refractivity contribution in [2.75, 3.05) is 0 Å². The molecule has 4 heteroatoms. The molecule has 3 nitrogen and oxygen atoms in total. The molecule has 1 heterocycles. The third kappa shape index (κ3) is 6.53. The van der Waals surface area contributed by atoms with E-state index in [2.05, 4.69) is 108 Å². The first-order valence-corrected chi connectivity index (χ1v) is 17.4. The van der Waals surface area contributed by atoms with Gasteiger partial charge in [0.25, 0.3) is 0 Å². The molecule has 0 aromatic heterocycles. The van der Waals surface area contributed by atoms with Crippen molar-refractivity contribution in [2.24, 2.45) is 27.6 Å². The van der Waals surface area contributed by atoms with Crippen molar-refractivity contribution in [2.45, 2.75) is 115 Å². The lowest BCUT2D eigenvalue weighted by Crippen LogP contribution is -2.35. The average Bonchev–Trinajstić information content (AvgIpc) is 2.84. The quantitative estimate of drug-likeness (QED) is 0.329. The van der Waals surface area contributed by atoms with E-state index < -0.39 is 19.1 Å². The summed E-state index contributed by atoms with van der Waals surface area (Å²) in [7, 11) is -3.80. The molecule has 0 N–H and O–H groups in total. The summed E-state index contributed by atoms with van der Waals surface area (Å²) in [6, 6.07) is 9.55. The Balaban J connectivity index is 2.23. The van der Waals surface area contributed by atoms with Gasteiger partial charge in [0.05, 0.1) is 5.30 Å². The van der Waals surface area contributed by atoms with Crippen LogP contribution in [0.4, 0.5) is 0 Å². The van der Waals surface area contributed by atoms with Gasteiger partial charge in [0.15, 0.2) is 0 Å². The van der Waals surface area contributed by atoms with Gasteiger partial charge in [-0.15, -0.1) is 0 Å². The van der Waals surface area contributed by atoms with Crippen LogP contribution in [-0.2, 0) is 13.6 Å². The Kier molecular flexibility index (Phi) is 8.69. The molecule has 230 valence electrons. The van der Waals surface area contributed by atoms with Gasteiger partial charge >= 0.3 is 7.60 Å². The Morgan fingerprint density at radius 1 is 0.786 bits per heavy atom. The van der Waals surface area contributed by atoms with E-state index in [1.54, 1.807) is 0 Å². The third-order valence-corrected chi connectivity index (χ3v) is 10.6. The fourth-order valence-corrected chi connectivity index (χ4v) is 8.19. The number of rotatable bonds is 3. The first-order chi connectivity index (χ1) is 19.2. The molecular weight excluding hydrogens is 535 g/mol. The summed E-state index contributed by atoms with van der Waals surface area (Å²) < 4.78 is 29.1. The van der Waals surface area contributed by atoms with E-state index >= 15 is 4.57 Å². The highest BCUT2D eigenvalue weighted by Gasteiger charge is 2.47. The molecule has 1 aromatic carbocycles. The number of fused-ring (bicyclic) bond motifs is 2. The van der Waals surface area contributed by atoms with Crippen molar-refractivity contribution >= 4 is 12.9 Å². The first kappa shape index (κ1) is 32.8. The topological polar surface area (TPSA) is 35.5 Å². The Hall–Kier alpha value is -2.09. The normalized spacial score (nSPS) is 25.9. The zero-order valence-electron chi connectivity index (χ0n) is 28.6. The fraction of sp³-hybridized carbons (Fsp3) is 0.579. The Morgan fingerprint density at radius 3 is 1.90 bits per heavy atom. The van der Waals surface area contributed by atoms with Crippen molar-refractivity contribution < 1.29 is 13.6 Å². The second kappa shape index (κ2) is 11.1. The summed E-state index contributed by atoms with van der Waals surface area (Å²) in [5.41, 5.74) is 6.77. The molecule has 0 spiro atoms. The second-order valence-corrected chi connectivity index (χ2v) is 18.5. The van der Waals surface area contributed by atoms with Gasteiger partial charge in [-0.3, -0.25) is 4.52 Å². The van der Waals surface area contributed by atoms with Crippen molar-refractivity contribution in [3.05, 3.63) is 87.8 Å². The summed E-state index contributed by atoms with van der Waals surface area (Å²) in [5, 5.41) is 0.593. The van der Waals surface area contributed by atoms with Crippen LogP contribution < -0.4 is 5.30 Å². The molecule has 0 amide bonds. The van der Waals surface area contributed by atoms with E-state index in [1.807, 2.05) is 30.3 Å². The lowest BCUT2D eigenvalue weighted by molar-refractivity contribution is 0.177. The molecule has 3 unspecified atom stereocenters. The number of hydrogen-bond acceptors (Lipinski definition) is 3. The maximum Gasteiger partial charge on any atom is 0.411 e. The number of hydrogen-bond donors (Lipinski definition) is 0. The van der Waals surface area contributed by atoms with Crippen LogP contribution in [0.3, 0.4) is 0 Å². The molecule has 4 rings (SSSR count). The van der Waals surface area contributed by atoms with E-state index in [9.17, 15) is 0 Å². The monoisotopic (exact) mass is 590 g/mol. The molecular formula is C38H55O3P. The molecule has 1 aliphatic heterocycles. The SMILES string of the molecule is CCCC1CC(C(C)(C)C)=CC2=C(C(C)(C)C)OP(=O)(c3ccccc3)OC3C(C(C)(C)C)=CC(C(C)(C)C)=CC3=C21. The summed E-state index contributed by atoms with van der Waals surface area (Å²) in [6.07, 6.45) is 9.76. The van der Waals surface area contributed by atoms with Crippen molar-refractivity contribution in [1.82, 2.24) is 0 Å². The Bertz CT molecular complexity index is 1400. The molecule has 0 bridgehead atoms. The van der Waals surface area contributed by atoms with Gasteiger partial charge in [-0.25, -0.2) is 4.57 Å². The van der Waals surface area contributed by atoms with Gasteiger partial charge in [-0.05, 0) is 69.4 Å². The minimum Gasteiger partial charge on any atom is -0.424 e. The van der Waals surface area contributed by atoms with Gasteiger partial charge < -0.3 is 4.52 Å². The standard InChI is InChI=1S/C38H55O3P/c1-14-18-25-21-26(35(2,3)4)23-30-32(25)29-22-27(36(5,6)7)24-31(37(8,9)10)33(29)40-42(39,28-19-16-15-17-20-28)41-34(30)38(11,12)13/h15-17,19-20,22-25,33H,14,18,21H2,1-13H3. The molecule has 0 radical (unpaired) electrons. The average molecular weight is 591 g/mol. The minimum absolute atomic E-state index is 0.00895. The first-order valence-electron chi connectivity index (χ1n) is 15.8. The van der Waals surface area contributed by atoms with E-state index in [1.165, 1.54) is 16.7 Å². The molecule has 0 saturated heterocycles. The lowest BCUT2D eigenvalue weighted by atomic mass is 9.66. The van der Waals surface area contributed by atoms with Crippen molar-refractivity contribution in [3.63, 3.8) is 0 Å². The molecule has 3 aliphatic rings. The summed E-state index contributed by atoms with van der Waals surface area (Å²) in [6.45, 7) is 29.2. The smallest absolute Gasteiger partial charge is 0.411 e. The number of benzene rings is 1. The van der Waals surface area contributed by atoms with Gasteiger partial charge in [-0.2, -0.15) is 0 Å². The summed E-state index contributed by atoms with van der Waals surface area (Å²) >= 11 is 0. The van der Waals surface area contributed by atoms with Crippen LogP contribution in [0.1, 0.15) is 109 Å². The third-order valence-electron chi connectivity index (χ3n) is 8.77. The summed E-state index contributed by atoms with van der Waals surface area (Å²) in [4.78, 5) is 0. The van der Waals surface area contributed by atoms with E-state index in [4.69, 9.17) is 9.05 Å². The molecule has 2 aliphatic carbocycles. The van der Waals surface area contributed by atoms with Crippen LogP contribution in [0.25, 0.3) is 0 Å². The van der Waals surface area contributed by atoms with Crippen LogP contribution >= 0.6 is 7.60 Å². The zero-order valence-corrected chi connectivity index (χ0v) is 29.5. The molecule has 3 atom stereocenters. The Morgan fingerprint density at radius 2 is 1.40 bits per heavy atom. The minimum atomic E-state index is -3.80. The molecule has 0 saturated carbocycles. The van der Waals surface area contributed by atoms with Crippen LogP contribution in [0.2, 0.25) is 0 Å². The van der Waals surface area contributed by atoms with Crippen molar-refractivity contribution in [3.8, 4) is 0 Å². The number of allylic oxidation sites excluding steroid dienone is 7. The highest BCUT2D eigenvalue weighted by atomic mass is 31.2. The van der Waals surface area contributed by atoms with Crippen LogP contribution in [0, 0.1) is 27.6 Å². The largest absolute Gasteiger partial charge is 0.424 e. The predicted molar refractivity (Wildman–Crippen MR) is 179 cm³/mol. The van der Waals surface area contributed by atoms with Gasteiger partial charge in [0.1, 0.15) is 11.9 Å². The highest BCUT2D eigenvalue weighted by Crippen LogP contribution is 2.61. The lowest BCUT2D eigenvalue weighted by Gasteiger charge is -2.44. The zero-order chi connectivity index (χ0) is 31.5. The van der Waals surface area contributed by atoms with Crippen LogP contribution in [-0.4, -0.2) is 6.10 Å². The molecule has 1 aromatic rings. The van der Waals surface area contributed by atoms with Crippen molar-refractivity contribution in [1.29, 1.82) is 0 Å². The van der Waals surface area contributed by atoms with Crippen LogP contribution in [0.5, 0.6) is 0 Å². The molecule has 0 fully saturated rings. The fourth-order valence-electron chi connectivity index (χ4n) is 6.26. The van der Waals surface area contributed by atoms with Gasteiger partial charge in [0, 0.05) is 11.0 Å². The predicted octanol–water partition coefficient (Wildman–Crippen LogP) is 11.3. The van der Waals surface area contributed by atoms with Gasteiger partial charge in [-0.1, -0.05) is 138 Å². The Labute approximate surface area is 256 Å². The van der Waals surface area contributed by atoms with E-state index in [0.29, 0.717) is 11.2 Å². The second-order valence-electron chi connectivity index (χ2n) is 16.6. The highest BCUT2D eigenvalue weighted by molar-refractivity contribution is 7.62. The summed E-state index contributed by atoms with van der Waals surface area (Å²) in [5.74, 6) is 1.08. The van der Waals surface area contributed by atoms with Gasteiger partial charge in [0.2, 0.25) is 0 Å². The maximum atomic E-state index is 15.3. The van der Waals surface area contributed by atoms with E-state index in [-0.39, 0.29) is 16.2 Å².